The maximum atomic E-state index is 12.0. The first kappa shape index (κ1) is 18.7. The van der Waals surface area contributed by atoms with Gasteiger partial charge in [0.15, 0.2) is 5.78 Å². The van der Waals surface area contributed by atoms with Gasteiger partial charge in [-0.1, -0.05) is 26.0 Å². The average Bonchev–Trinajstić information content (AvgIpc) is 2.43. The highest BCUT2D eigenvalue weighted by Crippen LogP contribution is 2.12. The fraction of sp³-hybridized carbons (Fsp3) is 0.467. The van der Waals surface area contributed by atoms with E-state index < -0.39 is 15.9 Å². The Morgan fingerprint density at radius 1 is 1.18 bits per heavy atom. The molecule has 5 nitrogen and oxygen atoms in total. The van der Waals surface area contributed by atoms with Gasteiger partial charge in [0.2, 0.25) is 5.91 Å². The Bertz CT molecular complexity index is 621. The Kier molecular flexibility index (Phi) is 7.09. The Balaban J connectivity index is 2.59. The molecule has 1 aromatic rings. The minimum absolute atomic E-state index is 0.0271. The van der Waals surface area contributed by atoms with Crippen molar-refractivity contribution in [1.82, 2.24) is 4.72 Å². The zero-order valence-electron chi connectivity index (χ0n) is 13.0. The van der Waals surface area contributed by atoms with E-state index in [1.54, 1.807) is 11.8 Å². The smallest absolute Gasteiger partial charge is 0.264 e. The quantitative estimate of drug-likeness (QED) is 0.579. The van der Waals surface area contributed by atoms with Crippen LogP contribution < -0.4 is 4.72 Å². The van der Waals surface area contributed by atoms with Crippen LogP contribution in [0.5, 0.6) is 0 Å². The lowest BCUT2D eigenvalue weighted by Gasteiger charge is -2.08. The second-order valence-electron chi connectivity index (χ2n) is 5.33. The van der Waals surface area contributed by atoms with E-state index in [2.05, 4.69) is 13.8 Å². The van der Waals surface area contributed by atoms with Crippen LogP contribution in [-0.2, 0) is 14.8 Å². The second-order valence-corrected chi connectivity index (χ2v) is 8.16. The number of amides is 1. The summed E-state index contributed by atoms with van der Waals surface area (Å²) in [6, 6.07) is 5.50. The minimum atomic E-state index is -3.88. The molecule has 0 saturated heterocycles. The Labute approximate surface area is 135 Å². The van der Waals surface area contributed by atoms with Crippen LogP contribution in [-0.4, -0.2) is 31.6 Å². The predicted molar refractivity (Wildman–Crippen MR) is 88.6 cm³/mol. The molecule has 0 aliphatic rings. The van der Waals surface area contributed by atoms with E-state index in [1.807, 2.05) is 4.72 Å². The first-order valence-corrected chi connectivity index (χ1v) is 9.60. The van der Waals surface area contributed by atoms with E-state index in [0.717, 1.165) is 5.75 Å². The summed E-state index contributed by atoms with van der Waals surface area (Å²) in [5.74, 6) is 1.40. The van der Waals surface area contributed by atoms with Crippen LogP contribution in [0.2, 0.25) is 0 Å². The lowest BCUT2D eigenvalue weighted by molar-refractivity contribution is -0.118. The largest absolute Gasteiger partial charge is 0.295 e. The Hall–Kier alpha value is -1.34. The summed E-state index contributed by atoms with van der Waals surface area (Å²) < 4.78 is 26.1. The molecule has 122 valence electrons. The van der Waals surface area contributed by atoms with E-state index in [-0.39, 0.29) is 17.1 Å². The molecule has 0 heterocycles. The van der Waals surface area contributed by atoms with Gasteiger partial charge in [0.05, 0.1) is 4.90 Å². The number of rotatable bonds is 8. The number of Topliss-reactive ketones (excluding diaryl/α,β-unsaturated/α-hetero) is 1. The van der Waals surface area contributed by atoms with E-state index >= 15 is 0 Å². The molecule has 1 rings (SSSR count). The predicted octanol–water partition coefficient (Wildman–Crippen LogP) is 2.47. The zero-order chi connectivity index (χ0) is 16.8. The third-order valence-corrected chi connectivity index (χ3v) is 5.53. The van der Waals surface area contributed by atoms with Gasteiger partial charge in [-0.05, 0) is 30.7 Å². The zero-order valence-corrected chi connectivity index (χ0v) is 14.6. The summed E-state index contributed by atoms with van der Waals surface area (Å²) in [6.45, 7) is 5.57. The van der Waals surface area contributed by atoms with Gasteiger partial charge in [0.25, 0.3) is 10.0 Å². The van der Waals surface area contributed by atoms with Gasteiger partial charge < -0.3 is 0 Å². The Morgan fingerprint density at radius 2 is 1.77 bits per heavy atom. The van der Waals surface area contributed by atoms with E-state index in [4.69, 9.17) is 0 Å². The van der Waals surface area contributed by atoms with Crippen molar-refractivity contribution in [3.05, 3.63) is 29.8 Å². The van der Waals surface area contributed by atoms with Crippen LogP contribution in [0.15, 0.2) is 29.2 Å². The van der Waals surface area contributed by atoms with Crippen LogP contribution in [0.25, 0.3) is 0 Å². The number of thioether (sulfide) groups is 1. The number of ketones is 1. The van der Waals surface area contributed by atoms with Crippen molar-refractivity contribution in [3.63, 3.8) is 0 Å². The molecule has 1 aromatic carbocycles. The molecule has 0 spiro atoms. The van der Waals surface area contributed by atoms with Gasteiger partial charge in [0, 0.05) is 17.7 Å². The molecule has 0 aliphatic heterocycles. The van der Waals surface area contributed by atoms with Crippen molar-refractivity contribution in [1.29, 1.82) is 0 Å². The number of nitrogens with one attached hydrogen (secondary N) is 1. The number of carbonyl (C=O) groups is 2. The molecule has 1 amide bonds. The fourth-order valence-electron chi connectivity index (χ4n) is 1.61. The maximum Gasteiger partial charge on any atom is 0.264 e. The average molecular weight is 343 g/mol. The summed E-state index contributed by atoms with van der Waals surface area (Å²) in [5, 5.41) is 0. The van der Waals surface area contributed by atoms with Crippen molar-refractivity contribution < 1.29 is 18.0 Å². The van der Waals surface area contributed by atoms with Crippen LogP contribution in [0, 0.1) is 5.92 Å². The minimum Gasteiger partial charge on any atom is -0.295 e. The summed E-state index contributed by atoms with van der Waals surface area (Å²) in [6.07, 6.45) is 0.155. The van der Waals surface area contributed by atoms with Crippen LogP contribution >= 0.6 is 11.8 Å². The molecular formula is C15H21NO4S2. The van der Waals surface area contributed by atoms with Gasteiger partial charge in [0.1, 0.15) is 0 Å². The summed E-state index contributed by atoms with van der Waals surface area (Å²) in [7, 11) is -3.88. The Morgan fingerprint density at radius 3 is 2.27 bits per heavy atom. The molecule has 0 radical (unpaired) electrons. The number of carbonyl (C=O) groups excluding carboxylic acids is 2. The van der Waals surface area contributed by atoms with Crippen LogP contribution in [0.1, 0.15) is 37.6 Å². The molecule has 1 N–H and O–H groups in total. The molecule has 0 aliphatic carbocycles. The van der Waals surface area contributed by atoms with Crippen molar-refractivity contribution in [2.24, 2.45) is 5.92 Å². The number of sulfonamides is 1. The third-order valence-electron chi connectivity index (χ3n) is 2.74. The van der Waals surface area contributed by atoms with Crippen molar-refractivity contribution in [2.45, 2.75) is 32.1 Å². The van der Waals surface area contributed by atoms with E-state index in [9.17, 15) is 18.0 Å². The lowest BCUT2D eigenvalue weighted by atomic mass is 10.2. The topological polar surface area (TPSA) is 80.3 Å². The molecule has 7 heteroatoms. The maximum absolute atomic E-state index is 12.0. The number of benzene rings is 1. The van der Waals surface area contributed by atoms with Gasteiger partial charge in [-0.2, -0.15) is 11.8 Å². The molecule has 0 saturated carbocycles. The molecule has 22 heavy (non-hydrogen) atoms. The van der Waals surface area contributed by atoms with Crippen molar-refractivity contribution in [3.8, 4) is 0 Å². The highest BCUT2D eigenvalue weighted by molar-refractivity contribution is 7.99. The first-order chi connectivity index (χ1) is 10.2. The van der Waals surface area contributed by atoms with E-state index in [0.29, 0.717) is 17.2 Å². The normalized spacial score (nSPS) is 11.5. The molecule has 0 bridgehead atoms. The van der Waals surface area contributed by atoms with Gasteiger partial charge in [-0.25, -0.2) is 13.1 Å². The highest BCUT2D eigenvalue weighted by Gasteiger charge is 2.17. The highest BCUT2D eigenvalue weighted by atomic mass is 32.2. The standard InChI is InChI=1S/C15H21NO4S2/c1-11(2)10-21-9-8-15(18)16-22(19,20)14-6-4-13(5-7-14)12(3)17/h4-7,11H,8-10H2,1-3H3,(H,16,18). The molecule has 0 fully saturated rings. The molecular weight excluding hydrogens is 322 g/mol. The van der Waals surface area contributed by atoms with Gasteiger partial charge >= 0.3 is 0 Å². The van der Waals surface area contributed by atoms with Crippen LogP contribution in [0.3, 0.4) is 0 Å². The first-order valence-electron chi connectivity index (χ1n) is 6.97. The van der Waals surface area contributed by atoms with Crippen molar-refractivity contribution in [2.75, 3.05) is 11.5 Å². The second kappa shape index (κ2) is 8.33. The molecule has 0 atom stereocenters. The van der Waals surface area contributed by atoms with E-state index in [1.165, 1.54) is 31.2 Å². The molecule has 0 aromatic heterocycles. The van der Waals surface area contributed by atoms with Gasteiger partial charge in [-0.15, -0.1) is 0 Å². The SMILES string of the molecule is CC(=O)c1ccc(S(=O)(=O)NC(=O)CCSCC(C)C)cc1. The summed E-state index contributed by atoms with van der Waals surface area (Å²) in [4.78, 5) is 22.8. The number of hydrogen-bond donors (Lipinski definition) is 1. The number of hydrogen-bond acceptors (Lipinski definition) is 5. The van der Waals surface area contributed by atoms with Gasteiger partial charge in [-0.3, -0.25) is 9.59 Å². The fourth-order valence-corrected chi connectivity index (χ4v) is 3.59. The molecule has 0 unspecified atom stereocenters. The summed E-state index contributed by atoms with van der Waals surface area (Å²) in [5.41, 5.74) is 0.426. The lowest BCUT2D eigenvalue weighted by Crippen LogP contribution is -2.30. The monoisotopic (exact) mass is 343 g/mol. The third kappa shape index (κ3) is 6.19. The van der Waals surface area contributed by atoms with Crippen molar-refractivity contribution >= 4 is 33.5 Å². The summed E-state index contributed by atoms with van der Waals surface area (Å²) >= 11 is 1.62. The van der Waals surface area contributed by atoms with Crippen LogP contribution in [0.4, 0.5) is 0 Å².